The molecule has 0 saturated carbocycles. The number of anilines is 1. The van der Waals surface area contributed by atoms with Crippen molar-refractivity contribution in [2.75, 3.05) is 31.1 Å². The first-order chi connectivity index (χ1) is 12.5. The van der Waals surface area contributed by atoms with Gasteiger partial charge in [0.25, 0.3) is 0 Å². The number of aromatic nitrogens is 1. The van der Waals surface area contributed by atoms with Crippen LogP contribution in [0.4, 0.5) is 18.3 Å². The summed E-state index contributed by atoms with van der Waals surface area (Å²) in [6, 6.07) is 3.76. The number of halogens is 4. The van der Waals surface area contributed by atoms with Crippen LogP contribution in [0.25, 0.3) is 0 Å². The molecule has 0 spiro atoms. The highest BCUT2D eigenvalue weighted by atomic mass is 127. The van der Waals surface area contributed by atoms with Gasteiger partial charge in [0.2, 0.25) is 0 Å². The van der Waals surface area contributed by atoms with Crippen molar-refractivity contribution in [2.24, 2.45) is 10.7 Å². The summed E-state index contributed by atoms with van der Waals surface area (Å²) in [7, 11) is 0. The second-order valence-electron chi connectivity index (χ2n) is 5.56. The maximum absolute atomic E-state index is 13.9. The van der Waals surface area contributed by atoms with E-state index in [4.69, 9.17) is 5.73 Å². The second-order valence-corrected chi connectivity index (χ2v) is 6.43. The fourth-order valence-electron chi connectivity index (χ4n) is 2.66. The molecule has 1 saturated heterocycles. The maximum Gasteiger partial charge on any atom is 0.387 e. The van der Waals surface area contributed by atoms with E-state index in [1.165, 1.54) is 18.2 Å². The molecule has 2 aromatic rings. The number of hydrogen-bond acceptors (Lipinski definition) is 5. The lowest BCUT2D eigenvalue weighted by molar-refractivity contribution is -0.0506. The highest BCUT2D eigenvalue weighted by Crippen LogP contribution is 2.24. The number of piperazine rings is 1. The lowest BCUT2D eigenvalue weighted by Gasteiger charge is -2.35. The molecule has 2 heterocycles. The van der Waals surface area contributed by atoms with Crippen LogP contribution >= 0.6 is 35.3 Å². The summed E-state index contributed by atoms with van der Waals surface area (Å²) in [4.78, 5) is 12.5. The van der Waals surface area contributed by atoms with Crippen LogP contribution in [0.1, 0.15) is 5.56 Å². The summed E-state index contributed by atoms with van der Waals surface area (Å²) < 4.78 is 43.2. The van der Waals surface area contributed by atoms with E-state index >= 15 is 0 Å². The van der Waals surface area contributed by atoms with Gasteiger partial charge in [-0.1, -0.05) is 6.07 Å². The predicted molar refractivity (Wildman–Crippen MR) is 110 cm³/mol. The SMILES string of the molecule is I.NC(=NCc1c(F)cccc1OC(F)F)N1CCN(c2nccs2)CC1. The van der Waals surface area contributed by atoms with Crippen LogP contribution in [-0.2, 0) is 6.54 Å². The van der Waals surface area contributed by atoms with Crippen molar-refractivity contribution in [3.8, 4) is 5.75 Å². The zero-order chi connectivity index (χ0) is 18.5. The number of guanidine groups is 1. The summed E-state index contributed by atoms with van der Waals surface area (Å²) in [5.41, 5.74) is 5.95. The van der Waals surface area contributed by atoms with Gasteiger partial charge in [0.05, 0.1) is 12.1 Å². The smallest absolute Gasteiger partial charge is 0.387 e. The van der Waals surface area contributed by atoms with Crippen molar-refractivity contribution in [3.05, 3.63) is 41.2 Å². The molecule has 1 aromatic carbocycles. The van der Waals surface area contributed by atoms with E-state index in [1.54, 1.807) is 17.5 Å². The lowest BCUT2D eigenvalue weighted by Crippen LogP contribution is -2.51. The van der Waals surface area contributed by atoms with Gasteiger partial charge in [0.1, 0.15) is 11.6 Å². The third-order valence-corrected chi connectivity index (χ3v) is 4.82. The van der Waals surface area contributed by atoms with E-state index in [2.05, 4.69) is 19.6 Å². The number of rotatable bonds is 5. The van der Waals surface area contributed by atoms with E-state index in [0.717, 1.165) is 18.2 Å². The number of nitrogens with zero attached hydrogens (tertiary/aromatic N) is 4. The summed E-state index contributed by atoms with van der Waals surface area (Å²) in [5.74, 6) is -0.645. The Hall–Kier alpha value is -1.76. The molecule has 11 heteroatoms. The molecule has 0 amide bonds. The highest BCUT2D eigenvalue weighted by Gasteiger charge is 2.20. The minimum absolute atomic E-state index is 0. The first-order valence-electron chi connectivity index (χ1n) is 7.96. The Morgan fingerprint density at radius 2 is 2.04 bits per heavy atom. The Bertz CT molecular complexity index is 755. The van der Waals surface area contributed by atoms with Crippen molar-refractivity contribution in [3.63, 3.8) is 0 Å². The summed E-state index contributed by atoms with van der Waals surface area (Å²) in [5, 5.41) is 2.88. The van der Waals surface area contributed by atoms with Crippen LogP contribution in [0.2, 0.25) is 0 Å². The van der Waals surface area contributed by atoms with Crippen LogP contribution < -0.4 is 15.4 Å². The molecule has 1 aromatic heterocycles. The van der Waals surface area contributed by atoms with Gasteiger partial charge in [-0.25, -0.2) is 14.4 Å². The van der Waals surface area contributed by atoms with Crippen LogP contribution in [0, 0.1) is 5.82 Å². The van der Waals surface area contributed by atoms with Gasteiger partial charge in [-0.15, -0.1) is 35.3 Å². The van der Waals surface area contributed by atoms with E-state index in [1.807, 2.05) is 10.3 Å². The number of hydrogen-bond donors (Lipinski definition) is 1. The van der Waals surface area contributed by atoms with Gasteiger partial charge >= 0.3 is 6.61 Å². The number of nitrogens with two attached hydrogens (primary N) is 1. The van der Waals surface area contributed by atoms with Crippen molar-refractivity contribution in [2.45, 2.75) is 13.2 Å². The van der Waals surface area contributed by atoms with Crippen LogP contribution in [-0.4, -0.2) is 48.6 Å². The van der Waals surface area contributed by atoms with Crippen LogP contribution in [0.5, 0.6) is 5.75 Å². The van der Waals surface area contributed by atoms with Gasteiger partial charge in [-0.05, 0) is 12.1 Å². The first kappa shape index (κ1) is 21.5. The Kier molecular flexibility index (Phi) is 7.95. The highest BCUT2D eigenvalue weighted by molar-refractivity contribution is 14.0. The fourth-order valence-corrected chi connectivity index (χ4v) is 3.35. The number of thiazole rings is 1. The average molecular weight is 513 g/mol. The molecule has 0 bridgehead atoms. The Labute approximate surface area is 175 Å². The third-order valence-electron chi connectivity index (χ3n) is 3.98. The van der Waals surface area contributed by atoms with Crippen molar-refractivity contribution in [1.82, 2.24) is 9.88 Å². The molecule has 0 atom stereocenters. The van der Waals surface area contributed by atoms with Crippen molar-refractivity contribution < 1.29 is 17.9 Å². The molecule has 148 valence electrons. The first-order valence-corrected chi connectivity index (χ1v) is 8.84. The van der Waals surface area contributed by atoms with Gasteiger partial charge < -0.3 is 20.3 Å². The molecule has 1 aliphatic rings. The van der Waals surface area contributed by atoms with Crippen LogP contribution in [0.15, 0.2) is 34.8 Å². The average Bonchev–Trinajstić information content (AvgIpc) is 3.15. The van der Waals surface area contributed by atoms with E-state index in [0.29, 0.717) is 13.1 Å². The molecule has 1 fully saturated rings. The fraction of sp³-hybridized carbons (Fsp3) is 0.375. The lowest BCUT2D eigenvalue weighted by atomic mass is 10.2. The number of benzene rings is 1. The largest absolute Gasteiger partial charge is 0.434 e. The maximum atomic E-state index is 13.9. The molecule has 3 rings (SSSR count). The molecule has 0 radical (unpaired) electrons. The van der Waals surface area contributed by atoms with Gasteiger partial charge in [0, 0.05) is 37.8 Å². The monoisotopic (exact) mass is 513 g/mol. The standard InChI is InChI=1S/C16H18F3N5OS.HI/c17-12-2-1-3-13(25-14(18)19)11(12)10-22-15(20)23-5-7-24(8-6-23)16-21-4-9-26-16;/h1-4,9,14H,5-8,10H2,(H2,20,22);1H. The van der Waals surface area contributed by atoms with Gasteiger partial charge in [-0.3, -0.25) is 0 Å². The Morgan fingerprint density at radius 3 is 2.67 bits per heavy atom. The quantitative estimate of drug-likeness (QED) is 0.378. The molecule has 1 aliphatic heterocycles. The molecular weight excluding hydrogens is 494 g/mol. The Morgan fingerprint density at radius 1 is 1.30 bits per heavy atom. The summed E-state index contributed by atoms with van der Waals surface area (Å²) >= 11 is 1.57. The zero-order valence-electron chi connectivity index (χ0n) is 14.2. The Balaban J connectivity index is 0.00000261. The minimum Gasteiger partial charge on any atom is -0.434 e. The molecule has 0 aliphatic carbocycles. The third kappa shape index (κ3) is 5.61. The van der Waals surface area contributed by atoms with Crippen molar-refractivity contribution in [1.29, 1.82) is 0 Å². The second kappa shape index (κ2) is 9.97. The van der Waals surface area contributed by atoms with E-state index < -0.39 is 12.4 Å². The van der Waals surface area contributed by atoms with Crippen LogP contribution in [0.3, 0.4) is 0 Å². The molecule has 2 N–H and O–H groups in total. The number of ether oxygens (including phenoxy) is 1. The molecule has 0 unspecified atom stereocenters. The minimum atomic E-state index is -3.03. The number of aliphatic imine (C=N–C) groups is 1. The van der Waals surface area contributed by atoms with Gasteiger partial charge in [-0.2, -0.15) is 8.78 Å². The predicted octanol–water partition coefficient (Wildman–Crippen LogP) is 3.14. The van der Waals surface area contributed by atoms with Crippen molar-refractivity contribution >= 4 is 46.4 Å². The van der Waals surface area contributed by atoms with Gasteiger partial charge in [0.15, 0.2) is 11.1 Å². The zero-order valence-corrected chi connectivity index (χ0v) is 17.4. The molecule has 6 nitrogen and oxygen atoms in total. The molecular formula is C16H19F3IN5OS. The summed E-state index contributed by atoms with van der Waals surface area (Å²) in [6.07, 6.45) is 1.76. The normalized spacial score (nSPS) is 15.0. The topological polar surface area (TPSA) is 67.0 Å². The summed E-state index contributed by atoms with van der Waals surface area (Å²) in [6.45, 7) is -0.436. The molecule has 27 heavy (non-hydrogen) atoms. The number of alkyl halides is 2. The van der Waals surface area contributed by atoms with E-state index in [9.17, 15) is 13.2 Å². The van der Waals surface area contributed by atoms with E-state index in [-0.39, 0.29) is 47.8 Å².